The standard InChI is InChI=1S/C12H17N3O2/c1-2-10(16)15-7-3-4-9(15)12-13-11(14-17-12)8-5-6-8/h8-9H,2-7H2,1H3. The summed E-state index contributed by atoms with van der Waals surface area (Å²) in [5, 5.41) is 4.02. The van der Waals surface area contributed by atoms with Gasteiger partial charge in [0.1, 0.15) is 6.04 Å². The fourth-order valence-electron chi connectivity index (χ4n) is 2.42. The van der Waals surface area contributed by atoms with Gasteiger partial charge in [-0.05, 0) is 25.7 Å². The van der Waals surface area contributed by atoms with Crippen LogP contribution in [0.5, 0.6) is 0 Å². The molecule has 0 spiro atoms. The van der Waals surface area contributed by atoms with Crippen LogP contribution in [0.25, 0.3) is 0 Å². The van der Waals surface area contributed by atoms with Gasteiger partial charge in [0.15, 0.2) is 5.82 Å². The van der Waals surface area contributed by atoms with E-state index < -0.39 is 0 Å². The molecular weight excluding hydrogens is 218 g/mol. The van der Waals surface area contributed by atoms with E-state index >= 15 is 0 Å². The zero-order chi connectivity index (χ0) is 11.8. The minimum absolute atomic E-state index is 0.0162. The first-order valence-corrected chi connectivity index (χ1v) is 6.42. The van der Waals surface area contributed by atoms with Crippen molar-refractivity contribution >= 4 is 5.91 Å². The van der Waals surface area contributed by atoms with Crippen LogP contribution in [-0.2, 0) is 4.79 Å². The molecule has 1 saturated carbocycles. The maximum atomic E-state index is 11.8. The van der Waals surface area contributed by atoms with E-state index in [0.29, 0.717) is 18.2 Å². The zero-order valence-corrected chi connectivity index (χ0v) is 10.1. The minimum Gasteiger partial charge on any atom is -0.337 e. The molecule has 0 N–H and O–H groups in total. The van der Waals surface area contributed by atoms with E-state index in [1.165, 1.54) is 12.8 Å². The number of hydrogen-bond donors (Lipinski definition) is 0. The average molecular weight is 235 g/mol. The maximum Gasteiger partial charge on any atom is 0.249 e. The van der Waals surface area contributed by atoms with Crippen LogP contribution < -0.4 is 0 Å². The van der Waals surface area contributed by atoms with Crippen molar-refractivity contribution < 1.29 is 9.32 Å². The highest BCUT2D eigenvalue weighted by molar-refractivity contribution is 5.76. The largest absolute Gasteiger partial charge is 0.337 e. The first kappa shape index (κ1) is 10.7. The summed E-state index contributed by atoms with van der Waals surface area (Å²) in [5.74, 6) is 2.14. The molecule has 0 radical (unpaired) electrons. The molecule has 17 heavy (non-hydrogen) atoms. The van der Waals surface area contributed by atoms with Gasteiger partial charge in [-0.2, -0.15) is 4.98 Å². The summed E-state index contributed by atoms with van der Waals surface area (Å²) in [6.07, 6.45) is 4.85. The lowest BCUT2D eigenvalue weighted by Crippen LogP contribution is -2.29. The van der Waals surface area contributed by atoms with Gasteiger partial charge < -0.3 is 9.42 Å². The Morgan fingerprint density at radius 2 is 2.29 bits per heavy atom. The lowest BCUT2D eigenvalue weighted by Gasteiger charge is -2.20. The first-order chi connectivity index (χ1) is 8.29. The number of aromatic nitrogens is 2. The molecule has 1 aliphatic carbocycles. The van der Waals surface area contributed by atoms with E-state index in [2.05, 4.69) is 10.1 Å². The molecule has 1 aromatic heterocycles. The highest BCUT2D eigenvalue weighted by Crippen LogP contribution is 2.39. The smallest absolute Gasteiger partial charge is 0.249 e. The van der Waals surface area contributed by atoms with Crippen molar-refractivity contribution in [1.82, 2.24) is 15.0 Å². The van der Waals surface area contributed by atoms with Gasteiger partial charge in [-0.1, -0.05) is 12.1 Å². The topological polar surface area (TPSA) is 59.2 Å². The van der Waals surface area contributed by atoms with E-state index in [4.69, 9.17) is 4.52 Å². The summed E-state index contributed by atoms with van der Waals surface area (Å²) in [6.45, 7) is 2.71. The van der Waals surface area contributed by atoms with E-state index in [0.717, 1.165) is 25.2 Å². The Hall–Kier alpha value is -1.39. The zero-order valence-electron chi connectivity index (χ0n) is 10.1. The Bertz CT molecular complexity index is 425. The predicted octanol–water partition coefficient (Wildman–Crippen LogP) is 2.02. The summed E-state index contributed by atoms with van der Waals surface area (Å²) >= 11 is 0. The molecule has 1 unspecified atom stereocenters. The summed E-state index contributed by atoms with van der Waals surface area (Å²) in [6, 6.07) is 0.0162. The van der Waals surface area contributed by atoms with Gasteiger partial charge in [0.25, 0.3) is 0 Å². The molecule has 1 aromatic rings. The van der Waals surface area contributed by atoms with Gasteiger partial charge in [-0.3, -0.25) is 4.79 Å². The van der Waals surface area contributed by atoms with E-state index in [9.17, 15) is 4.79 Å². The van der Waals surface area contributed by atoms with Gasteiger partial charge in [-0.25, -0.2) is 0 Å². The molecule has 2 aliphatic rings. The maximum absolute atomic E-state index is 11.8. The SMILES string of the molecule is CCC(=O)N1CCCC1c1nc(C2CC2)no1. The Morgan fingerprint density at radius 1 is 1.47 bits per heavy atom. The Kier molecular flexibility index (Phi) is 2.61. The Morgan fingerprint density at radius 3 is 3.00 bits per heavy atom. The van der Waals surface area contributed by atoms with Crippen molar-refractivity contribution in [3.63, 3.8) is 0 Å². The molecule has 3 rings (SSSR count). The van der Waals surface area contributed by atoms with Gasteiger partial charge in [0.05, 0.1) is 0 Å². The normalized spacial score (nSPS) is 24.3. The number of likely N-dealkylation sites (tertiary alicyclic amines) is 1. The van der Waals surface area contributed by atoms with Crippen molar-refractivity contribution in [2.75, 3.05) is 6.54 Å². The molecule has 1 aliphatic heterocycles. The second kappa shape index (κ2) is 4.13. The van der Waals surface area contributed by atoms with Crippen LogP contribution in [0.2, 0.25) is 0 Å². The number of nitrogens with zero attached hydrogens (tertiary/aromatic N) is 3. The van der Waals surface area contributed by atoms with Gasteiger partial charge >= 0.3 is 0 Å². The van der Waals surface area contributed by atoms with Crippen LogP contribution in [0.4, 0.5) is 0 Å². The van der Waals surface area contributed by atoms with Crippen LogP contribution >= 0.6 is 0 Å². The number of hydrogen-bond acceptors (Lipinski definition) is 4. The molecule has 2 fully saturated rings. The second-order valence-electron chi connectivity index (χ2n) is 4.86. The van der Waals surface area contributed by atoms with Gasteiger partial charge in [0, 0.05) is 18.9 Å². The second-order valence-corrected chi connectivity index (χ2v) is 4.86. The third-order valence-electron chi connectivity index (χ3n) is 3.56. The van der Waals surface area contributed by atoms with Crippen LogP contribution in [0, 0.1) is 0 Å². The van der Waals surface area contributed by atoms with Crippen molar-refractivity contribution in [3.8, 4) is 0 Å². The molecule has 0 aromatic carbocycles. The quantitative estimate of drug-likeness (QED) is 0.804. The van der Waals surface area contributed by atoms with E-state index in [1.807, 2.05) is 11.8 Å². The summed E-state index contributed by atoms with van der Waals surface area (Å²) < 4.78 is 5.32. The number of carbonyl (C=O) groups is 1. The number of rotatable bonds is 3. The first-order valence-electron chi connectivity index (χ1n) is 6.42. The lowest BCUT2D eigenvalue weighted by atomic mass is 10.2. The van der Waals surface area contributed by atoms with E-state index in [-0.39, 0.29) is 11.9 Å². The highest BCUT2D eigenvalue weighted by atomic mass is 16.5. The molecule has 1 amide bonds. The number of amides is 1. The summed E-state index contributed by atoms with van der Waals surface area (Å²) in [4.78, 5) is 18.1. The van der Waals surface area contributed by atoms with Crippen molar-refractivity contribution in [1.29, 1.82) is 0 Å². The fraction of sp³-hybridized carbons (Fsp3) is 0.750. The van der Waals surface area contributed by atoms with Crippen LogP contribution in [0.1, 0.15) is 62.7 Å². The number of carbonyl (C=O) groups excluding carboxylic acids is 1. The van der Waals surface area contributed by atoms with Gasteiger partial charge in [0.2, 0.25) is 11.8 Å². The van der Waals surface area contributed by atoms with Gasteiger partial charge in [-0.15, -0.1) is 0 Å². The van der Waals surface area contributed by atoms with E-state index in [1.54, 1.807) is 0 Å². The van der Waals surface area contributed by atoms with Crippen molar-refractivity contribution in [2.45, 2.75) is 51.0 Å². The van der Waals surface area contributed by atoms with Crippen LogP contribution in [-0.4, -0.2) is 27.5 Å². The van der Waals surface area contributed by atoms with Crippen LogP contribution in [0.15, 0.2) is 4.52 Å². The monoisotopic (exact) mass is 235 g/mol. The molecule has 5 heteroatoms. The fourth-order valence-corrected chi connectivity index (χ4v) is 2.42. The van der Waals surface area contributed by atoms with Crippen molar-refractivity contribution in [2.24, 2.45) is 0 Å². The third kappa shape index (κ3) is 1.94. The molecule has 5 nitrogen and oxygen atoms in total. The highest BCUT2D eigenvalue weighted by Gasteiger charge is 2.35. The predicted molar refractivity (Wildman–Crippen MR) is 60.3 cm³/mol. The molecule has 0 bridgehead atoms. The molecule has 1 atom stereocenters. The summed E-state index contributed by atoms with van der Waals surface area (Å²) in [5.41, 5.74) is 0. The lowest BCUT2D eigenvalue weighted by molar-refractivity contribution is -0.132. The molecular formula is C12H17N3O2. The summed E-state index contributed by atoms with van der Waals surface area (Å²) in [7, 11) is 0. The van der Waals surface area contributed by atoms with Crippen LogP contribution in [0.3, 0.4) is 0 Å². The molecule has 92 valence electrons. The Labute approximate surface area is 100 Å². The molecule has 1 saturated heterocycles. The molecule has 2 heterocycles. The van der Waals surface area contributed by atoms with Crippen molar-refractivity contribution in [3.05, 3.63) is 11.7 Å². The third-order valence-corrected chi connectivity index (χ3v) is 3.56. The average Bonchev–Trinajstić information content (AvgIpc) is 2.91. The minimum atomic E-state index is 0.0162. The Balaban J connectivity index is 1.78.